The van der Waals surface area contributed by atoms with E-state index in [2.05, 4.69) is 63.5 Å². The van der Waals surface area contributed by atoms with Gasteiger partial charge in [0.2, 0.25) is 70.9 Å². The Morgan fingerprint density at radius 3 is 1.88 bits per heavy atom. The fourth-order valence-corrected chi connectivity index (χ4v) is 12.6. The van der Waals surface area contributed by atoms with Crippen molar-refractivity contribution in [3.05, 3.63) is 114 Å². The van der Waals surface area contributed by atoms with Crippen LogP contribution in [0.4, 0.5) is 0 Å². The highest BCUT2D eigenvalue weighted by atomic mass is 16.3. The maximum Gasteiger partial charge on any atom is 0.246 e. The number of aromatic amines is 1. The number of fused-ring (bicyclic) bond motifs is 1. The van der Waals surface area contributed by atoms with Gasteiger partial charge in [-0.2, -0.15) is 0 Å². The number of aromatic hydroxyl groups is 1. The van der Waals surface area contributed by atoms with E-state index in [4.69, 9.17) is 5.73 Å². The van der Waals surface area contributed by atoms with Gasteiger partial charge in [-0.05, 0) is 146 Å². The fourth-order valence-electron chi connectivity index (χ4n) is 12.6. The average Bonchev–Trinajstić information content (AvgIpc) is 1.80. The maximum atomic E-state index is 15.2. The van der Waals surface area contributed by atoms with Gasteiger partial charge < -0.3 is 84.5 Å². The van der Waals surface area contributed by atoms with Gasteiger partial charge in [0, 0.05) is 55.6 Å². The number of benzene rings is 3. The molecule has 1 aromatic heterocycles. The van der Waals surface area contributed by atoms with E-state index in [-0.39, 0.29) is 75.4 Å². The largest absolute Gasteiger partial charge is 0.508 e. The van der Waals surface area contributed by atoms with E-state index in [1.165, 1.54) is 60.6 Å². The lowest BCUT2D eigenvalue weighted by Crippen LogP contribution is -2.64. The number of phenols is 1. The van der Waals surface area contributed by atoms with Crippen molar-refractivity contribution < 1.29 is 77.6 Å². The molecule has 5 rings (SSSR count). The van der Waals surface area contributed by atoms with E-state index in [9.17, 15) is 58.5 Å². The van der Waals surface area contributed by atoms with E-state index in [0.717, 1.165) is 10.9 Å². The first-order valence-corrected chi connectivity index (χ1v) is 37.5. The van der Waals surface area contributed by atoms with Crippen LogP contribution < -0.4 is 64.2 Å². The van der Waals surface area contributed by atoms with Crippen molar-refractivity contribution in [1.29, 1.82) is 0 Å². The van der Waals surface area contributed by atoms with Crippen molar-refractivity contribution in [3.8, 4) is 5.75 Å². The van der Waals surface area contributed by atoms with Crippen LogP contribution in [0.3, 0.4) is 0 Å². The number of para-hydroxylation sites is 1. The Morgan fingerprint density at radius 2 is 1.24 bits per heavy atom. The standard InChI is InChI=1S/C79H115N13O16/c1-46(2)30-33-55-34-37-65(97)60(43-56-44-81-59-29-23-22-28-58(56)59)86-71(102)62(42-54-31-35-57(96)36-32-54)87-69(100)50(7)84-76(107)78(10,92-74(105)63(41-53-26-20-19-21-27-53)88-75(106)66(51(8)94)90-72(103)61(40-47(3)4)85-52(9)95)38-24-17-15-13-12-14-16-18-25-39-79(11,91-70(55)101)77(108)89-64(45-93)73(104)83-49(6)68(99)82-48(5)67(80)98/h14,16,19-23,26-29,31-32,35-36,44,46-51,55,60-64,66,81,93-94,96H,12-13,15,17-18,24-25,30,33-34,37-43,45H2,1-11H3,(H2,80,98)(H,82,99)(H,83,104)(H,84,107)(H,85,95)(H,86,102)(H,87,100)(H,88,106)(H,89,108)(H,90,103)(H,91,101)(H,92,105)/b16-14+/t48?,49-,50?,51+,55+,60-,61-,62-,63-,64?,66-,78+,79-/m0/s1. The molecule has 29 nitrogen and oxygen atoms in total. The lowest BCUT2D eigenvalue weighted by atomic mass is 9.87. The molecular formula is C79H115N13O16. The molecule has 0 spiro atoms. The van der Waals surface area contributed by atoms with E-state index in [1.807, 2.05) is 64.1 Å². The summed E-state index contributed by atoms with van der Waals surface area (Å²) in [7, 11) is 0. The van der Waals surface area contributed by atoms with Crippen molar-refractivity contribution in [3.63, 3.8) is 0 Å². The van der Waals surface area contributed by atoms with E-state index in [1.54, 1.807) is 48.7 Å². The van der Waals surface area contributed by atoms with Crippen LogP contribution in [-0.2, 0) is 81.6 Å². The number of primary amides is 1. The number of amides is 12. The molecule has 13 atom stereocenters. The summed E-state index contributed by atoms with van der Waals surface area (Å²) >= 11 is 0. The summed E-state index contributed by atoms with van der Waals surface area (Å²) in [6.07, 6.45) is 7.88. The van der Waals surface area contributed by atoms with Crippen LogP contribution in [-0.4, -0.2) is 175 Å². The topological polar surface area (TPSA) is 457 Å². The third-order valence-corrected chi connectivity index (χ3v) is 19.3. The third kappa shape index (κ3) is 28.6. The minimum atomic E-state index is -1.82. The zero-order chi connectivity index (χ0) is 80.0. The molecule has 3 unspecified atom stereocenters. The molecular weight excluding hydrogens is 1390 g/mol. The molecule has 1 aliphatic rings. The summed E-state index contributed by atoms with van der Waals surface area (Å²) in [4.78, 5) is 186. The van der Waals surface area contributed by atoms with E-state index >= 15 is 19.2 Å². The molecule has 0 saturated carbocycles. The predicted octanol–water partition coefficient (Wildman–Crippen LogP) is 3.48. The molecule has 0 saturated heterocycles. The zero-order valence-corrected chi connectivity index (χ0v) is 64.2. The quantitative estimate of drug-likeness (QED) is 0.0380. The number of phenolic OH excluding ortho intramolecular Hbond substituents is 1. The minimum absolute atomic E-state index is 0.00959. The zero-order valence-electron chi connectivity index (χ0n) is 64.2. The number of H-pyrrole nitrogens is 1. The number of carbonyl (C=O) groups excluding carboxylic acids is 13. The number of hydrogen-bond donors (Lipinski definition) is 16. The second kappa shape index (κ2) is 43.1. The van der Waals surface area contributed by atoms with Crippen LogP contribution in [0.2, 0.25) is 0 Å². The van der Waals surface area contributed by atoms with Crippen LogP contribution in [0.25, 0.3) is 10.9 Å². The molecule has 3 aromatic carbocycles. The Kier molecular flexibility index (Phi) is 35.3. The third-order valence-electron chi connectivity index (χ3n) is 19.3. The van der Waals surface area contributed by atoms with Gasteiger partial charge in [-0.25, -0.2) is 0 Å². The number of ketones is 1. The summed E-state index contributed by atoms with van der Waals surface area (Å²) in [5, 5.41) is 62.0. The normalized spacial score (nSPS) is 22.2. The first-order chi connectivity index (χ1) is 51.0. The summed E-state index contributed by atoms with van der Waals surface area (Å²) in [5.41, 5.74) is 4.19. The van der Waals surface area contributed by atoms with E-state index < -0.39 is 161 Å². The van der Waals surface area contributed by atoms with Crippen molar-refractivity contribution in [2.45, 2.75) is 257 Å². The average molecular weight is 1500 g/mol. The first-order valence-electron chi connectivity index (χ1n) is 37.5. The molecule has 0 radical (unpaired) electrons. The minimum Gasteiger partial charge on any atom is -0.508 e. The Balaban J connectivity index is 1.55. The van der Waals surface area contributed by atoms with Gasteiger partial charge in [-0.15, -0.1) is 0 Å². The Bertz CT molecular complexity index is 3750. The van der Waals surface area contributed by atoms with Crippen LogP contribution in [0.5, 0.6) is 5.75 Å². The lowest BCUT2D eigenvalue weighted by molar-refractivity contribution is -0.138. The molecule has 0 fully saturated rings. The van der Waals surface area contributed by atoms with Gasteiger partial charge in [0.15, 0.2) is 5.78 Å². The first kappa shape index (κ1) is 88.6. The molecule has 29 heteroatoms. The van der Waals surface area contributed by atoms with Gasteiger partial charge >= 0.3 is 0 Å². The van der Waals surface area contributed by atoms with Crippen molar-refractivity contribution in [2.24, 2.45) is 23.5 Å². The monoisotopic (exact) mass is 1500 g/mol. The van der Waals surface area contributed by atoms with Gasteiger partial charge in [-0.1, -0.05) is 126 Å². The molecule has 4 aromatic rings. The van der Waals surface area contributed by atoms with Crippen LogP contribution >= 0.6 is 0 Å². The van der Waals surface area contributed by atoms with Crippen LogP contribution in [0, 0.1) is 17.8 Å². The Hall–Kier alpha value is -10.0. The number of nitrogens with two attached hydrogens (primary N) is 1. The highest BCUT2D eigenvalue weighted by Gasteiger charge is 2.42. The number of carbonyl (C=O) groups is 13. The predicted molar refractivity (Wildman–Crippen MR) is 407 cm³/mol. The lowest BCUT2D eigenvalue weighted by Gasteiger charge is -2.33. The van der Waals surface area contributed by atoms with E-state index in [0.29, 0.717) is 68.1 Å². The number of allylic oxidation sites excluding steroid dienone is 2. The summed E-state index contributed by atoms with van der Waals surface area (Å²) in [6, 6.07) is 9.62. The van der Waals surface area contributed by atoms with Crippen LogP contribution in [0.1, 0.15) is 183 Å². The molecule has 0 aliphatic carbocycles. The molecule has 108 heavy (non-hydrogen) atoms. The number of hydrogen-bond acceptors (Lipinski definition) is 16. The molecule has 2 heterocycles. The Labute approximate surface area is 632 Å². The summed E-state index contributed by atoms with van der Waals surface area (Å²) in [5.74, 6) is -11.0. The van der Waals surface area contributed by atoms with Gasteiger partial charge in [0.25, 0.3) is 0 Å². The van der Waals surface area contributed by atoms with Gasteiger partial charge in [0.05, 0.1) is 18.8 Å². The highest BCUT2D eigenvalue weighted by Crippen LogP contribution is 2.26. The maximum absolute atomic E-state index is 15.2. The molecule has 0 bridgehead atoms. The number of aliphatic hydroxyl groups is 2. The second-order valence-corrected chi connectivity index (χ2v) is 29.8. The SMILES string of the molecule is CC(=O)N[C@@H](CC(C)C)C(=O)N[C@H](C(=O)N[C@@H](Cc1ccccc1)C(=O)N[C@]1(C)CCCCCC/C=C/CCC[C@@](C)(C(=O)NC(CO)C(=O)N[C@@H](C)C(=O)NC(C)C(N)=O)NC(=O)[C@H](CCC(C)C)CCC(=O)[C@H](Cc2c[nH]c3ccccc23)NC(=O)[C@H](Cc2ccc(O)cc2)NC(=O)C(C)NC1=O)[C@@H](C)O. The summed E-state index contributed by atoms with van der Waals surface area (Å²) < 4.78 is 0. The number of nitrogens with one attached hydrogen (secondary N) is 12. The summed E-state index contributed by atoms with van der Waals surface area (Å²) in [6.45, 7) is 16.2. The second-order valence-electron chi connectivity index (χ2n) is 29.8. The van der Waals surface area contributed by atoms with Gasteiger partial charge in [0.1, 0.15) is 65.2 Å². The molecule has 12 amide bonds. The molecule has 592 valence electrons. The highest BCUT2D eigenvalue weighted by molar-refractivity contribution is 6.01. The molecule has 1 aliphatic heterocycles. The van der Waals surface area contributed by atoms with Gasteiger partial charge in [-0.3, -0.25) is 62.3 Å². The number of rotatable bonds is 27. The van der Waals surface area contributed by atoms with Crippen molar-refractivity contribution in [2.75, 3.05) is 6.61 Å². The smallest absolute Gasteiger partial charge is 0.246 e. The number of aliphatic hydroxyl groups excluding tert-OH is 2. The van der Waals surface area contributed by atoms with Crippen molar-refractivity contribution >= 4 is 87.6 Å². The Morgan fingerprint density at radius 1 is 0.611 bits per heavy atom. The number of Topliss-reactive ketones (excluding diaryl/α,β-unsaturated/α-hetero) is 1. The molecule has 17 N–H and O–H groups in total. The number of aromatic nitrogens is 1. The van der Waals surface area contributed by atoms with Crippen LogP contribution in [0.15, 0.2) is 97.2 Å². The van der Waals surface area contributed by atoms with Crippen molar-refractivity contribution in [1.82, 2.24) is 63.5 Å². The fraction of sp³-hybridized carbons (Fsp3) is 0.557.